The van der Waals surface area contributed by atoms with Crippen LogP contribution in [-0.4, -0.2) is 29.6 Å². The first kappa shape index (κ1) is 19.1. The Kier molecular flexibility index (Phi) is 6.67. The lowest BCUT2D eigenvalue weighted by Crippen LogP contribution is -2.23. The third-order valence-corrected chi connectivity index (χ3v) is 5.80. The highest BCUT2D eigenvalue weighted by atomic mass is 31.2. The van der Waals surface area contributed by atoms with E-state index in [9.17, 15) is 9.67 Å². The first-order valence-electron chi connectivity index (χ1n) is 7.99. The highest BCUT2D eigenvalue weighted by Crippen LogP contribution is 2.54. The van der Waals surface area contributed by atoms with Crippen LogP contribution >= 0.6 is 7.60 Å². The van der Waals surface area contributed by atoms with Crippen molar-refractivity contribution in [2.75, 3.05) is 19.0 Å². The van der Waals surface area contributed by atoms with Gasteiger partial charge in [0.25, 0.3) is 0 Å². The van der Waals surface area contributed by atoms with Crippen LogP contribution in [0, 0.1) is 0 Å². The molecule has 25 heavy (non-hydrogen) atoms. The van der Waals surface area contributed by atoms with Crippen molar-refractivity contribution in [2.45, 2.75) is 26.1 Å². The summed E-state index contributed by atoms with van der Waals surface area (Å²) in [4.78, 5) is 4.04. The molecule has 2 rings (SSSR count). The van der Waals surface area contributed by atoms with Crippen LogP contribution < -0.4 is 14.6 Å². The molecule has 0 radical (unpaired) electrons. The number of pyridine rings is 1. The van der Waals surface area contributed by atoms with Gasteiger partial charge in [0.15, 0.2) is 11.5 Å². The summed E-state index contributed by atoms with van der Waals surface area (Å²) in [5.41, 5.74) is 0.723. The molecule has 2 atom stereocenters. The molecule has 0 saturated carbocycles. The molecule has 1 aromatic carbocycles. The monoisotopic (exact) mass is 366 g/mol. The molecule has 7 nitrogen and oxygen atoms in total. The predicted octanol–water partition coefficient (Wildman–Crippen LogP) is 4.25. The van der Waals surface area contributed by atoms with Gasteiger partial charge in [-0.2, -0.15) is 0 Å². The summed E-state index contributed by atoms with van der Waals surface area (Å²) in [6.45, 7) is 3.88. The number of phenolic OH excluding ortho intramolecular Hbond substituents is 1. The minimum absolute atomic E-state index is 0.0263. The summed E-state index contributed by atoms with van der Waals surface area (Å²) in [6, 6.07) is 8.01. The lowest BCUT2D eigenvalue weighted by molar-refractivity contribution is 0.271. The number of hydrogen-bond acceptors (Lipinski definition) is 7. The Bertz CT molecular complexity index is 726. The van der Waals surface area contributed by atoms with E-state index in [2.05, 4.69) is 10.3 Å². The summed E-state index contributed by atoms with van der Waals surface area (Å²) in [6.07, 6.45) is 3.82. The second kappa shape index (κ2) is 8.74. The summed E-state index contributed by atoms with van der Waals surface area (Å²) in [7, 11) is -2.11. The summed E-state index contributed by atoms with van der Waals surface area (Å²) in [5, 5.41) is 12.8. The fourth-order valence-corrected chi connectivity index (χ4v) is 4.15. The van der Waals surface area contributed by atoms with Crippen molar-refractivity contribution in [3.63, 3.8) is 0 Å². The Morgan fingerprint density at radius 3 is 2.72 bits per heavy atom. The first-order chi connectivity index (χ1) is 12.0. The number of hydrogen-bond donors (Lipinski definition) is 2. The van der Waals surface area contributed by atoms with Crippen LogP contribution in [0.2, 0.25) is 0 Å². The summed E-state index contributed by atoms with van der Waals surface area (Å²) >= 11 is 0. The maximum Gasteiger partial charge on any atom is 0.401 e. The van der Waals surface area contributed by atoms with Crippen molar-refractivity contribution in [3.8, 4) is 17.2 Å². The van der Waals surface area contributed by atoms with Gasteiger partial charge in [-0.25, -0.2) is 4.57 Å². The summed E-state index contributed by atoms with van der Waals surface area (Å²) in [5.74, 6) is -0.0650. The predicted molar refractivity (Wildman–Crippen MR) is 96.5 cm³/mol. The van der Waals surface area contributed by atoms with Crippen molar-refractivity contribution in [3.05, 3.63) is 42.7 Å². The molecule has 1 heterocycles. The van der Waals surface area contributed by atoms with Crippen LogP contribution in [0.15, 0.2) is 42.7 Å². The Hall–Kier alpha value is -2.24. The minimum atomic E-state index is -3.54. The number of rotatable bonds is 9. The number of ether oxygens (including phenoxy) is 1. The number of methoxy groups -OCH3 is 1. The van der Waals surface area contributed by atoms with Crippen molar-refractivity contribution in [1.82, 2.24) is 4.98 Å². The molecule has 2 N–H and O–H groups in total. The first-order valence-corrected chi connectivity index (χ1v) is 9.61. The van der Waals surface area contributed by atoms with Crippen molar-refractivity contribution in [1.29, 1.82) is 0 Å². The van der Waals surface area contributed by atoms with Gasteiger partial charge in [0.2, 0.25) is 0 Å². The van der Waals surface area contributed by atoms with Gasteiger partial charge in [-0.15, -0.1) is 0 Å². The molecule has 0 bridgehead atoms. The molecular weight excluding hydrogens is 343 g/mol. The smallest absolute Gasteiger partial charge is 0.401 e. The number of nitrogens with one attached hydrogen (secondary N) is 1. The zero-order valence-electron chi connectivity index (χ0n) is 14.5. The van der Waals surface area contributed by atoms with Gasteiger partial charge >= 0.3 is 7.60 Å². The Labute approximate surface area is 147 Å². The van der Waals surface area contributed by atoms with E-state index in [1.165, 1.54) is 25.3 Å². The number of phenols is 1. The SMILES string of the molecule is CCOP(=O)(Oc1ccc(O)c(OC)c1)C(CC)Nc1cccnc1. The van der Waals surface area contributed by atoms with Gasteiger partial charge in [0.1, 0.15) is 11.5 Å². The second-order valence-corrected chi connectivity index (χ2v) is 7.34. The number of nitrogens with zero attached hydrogens (tertiary/aromatic N) is 1. The molecule has 0 aliphatic carbocycles. The molecule has 2 aromatic rings. The number of aromatic hydroxyl groups is 1. The topological polar surface area (TPSA) is 89.9 Å². The molecule has 1 aromatic heterocycles. The molecule has 0 saturated heterocycles. The van der Waals surface area contributed by atoms with Gasteiger partial charge in [-0.1, -0.05) is 6.92 Å². The van der Waals surface area contributed by atoms with E-state index >= 15 is 0 Å². The van der Waals surface area contributed by atoms with Gasteiger partial charge in [-0.3, -0.25) is 9.51 Å². The average Bonchev–Trinajstić information content (AvgIpc) is 2.62. The van der Waals surface area contributed by atoms with E-state index in [1.54, 1.807) is 25.4 Å². The van der Waals surface area contributed by atoms with E-state index < -0.39 is 13.4 Å². The van der Waals surface area contributed by atoms with Crippen molar-refractivity contribution < 1.29 is 23.5 Å². The third-order valence-electron chi connectivity index (χ3n) is 3.46. The van der Waals surface area contributed by atoms with Crippen LogP contribution in [0.25, 0.3) is 0 Å². The molecule has 136 valence electrons. The van der Waals surface area contributed by atoms with Gasteiger partial charge in [0.05, 0.1) is 19.4 Å². The fraction of sp³-hybridized carbons (Fsp3) is 0.353. The highest BCUT2D eigenvalue weighted by molar-refractivity contribution is 7.55. The minimum Gasteiger partial charge on any atom is -0.504 e. The molecule has 0 aliphatic rings. The lowest BCUT2D eigenvalue weighted by atomic mass is 10.3. The van der Waals surface area contributed by atoms with E-state index in [4.69, 9.17) is 13.8 Å². The number of anilines is 1. The molecular formula is C17H23N2O5P. The van der Waals surface area contributed by atoms with Crippen molar-refractivity contribution >= 4 is 13.3 Å². The maximum absolute atomic E-state index is 13.4. The fourth-order valence-electron chi connectivity index (χ4n) is 2.27. The van der Waals surface area contributed by atoms with E-state index in [-0.39, 0.29) is 23.9 Å². The quantitative estimate of drug-likeness (QED) is 0.641. The van der Waals surface area contributed by atoms with E-state index in [0.717, 1.165) is 5.69 Å². The van der Waals surface area contributed by atoms with Crippen LogP contribution in [0.4, 0.5) is 5.69 Å². The molecule has 0 fully saturated rings. The van der Waals surface area contributed by atoms with Gasteiger partial charge in [0, 0.05) is 18.5 Å². The van der Waals surface area contributed by atoms with Gasteiger partial charge in [-0.05, 0) is 37.6 Å². The largest absolute Gasteiger partial charge is 0.504 e. The third kappa shape index (κ3) is 4.87. The molecule has 0 aliphatic heterocycles. The zero-order valence-corrected chi connectivity index (χ0v) is 15.4. The maximum atomic E-state index is 13.4. The highest BCUT2D eigenvalue weighted by Gasteiger charge is 2.36. The van der Waals surface area contributed by atoms with Gasteiger partial charge < -0.3 is 19.7 Å². The Morgan fingerprint density at radius 1 is 1.32 bits per heavy atom. The van der Waals surface area contributed by atoms with Crippen LogP contribution in [0.5, 0.6) is 17.2 Å². The van der Waals surface area contributed by atoms with E-state index in [0.29, 0.717) is 6.42 Å². The van der Waals surface area contributed by atoms with Crippen LogP contribution in [0.1, 0.15) is 20.3 Å². The molecule has 2 unspecified atom stereocenters. The number of benzene rings is 1. The standard InChI is InChI=1S/C17H23N2O5P/c1-4-17(19-13-7-6-10-18-12-13)25(21,23-5-2)24-14-8-9-15(20)16(11-14)22-3/h6-12,17,19-20H,4-5H2,1-3H3. The number of aromatic nitrogens is 1. The molecule has 0 amide bonds. The second-order valence-electron chi connectivity index (χ2n) is 5.19. The average molecular weight is 366 g/mol. The Morgan fingerprint density at radius 2 is 2.12 bits per heavy atom. The molecule has 0 spiro atoms. The zero-order chi connectivity index (χ0) is 18.3. The lowest BCUT2D eigenvalue weighted by Gasteiger charge is -2.27. The van der Waals surface area contributed by atoms with Crippen LogP contribution in [0.3, 0.4) is 0 Å². The normalized spacial score (nSPS) is 14.4. The van der Waals surface area contributed by atoms with E-state index in [1.807, 2.05) is 13.0 Å². The Balaban J connectivity index is 2.27. The van der Waals surface area contributed by atoms with Crippen LogP contribution in [-0.2, 0) is 9.09 Å². The summed E-state index contributed by atoms with van der Waals surface area (Å²) < 4.78 is 29.7. The van der Waals surface area contributed by atoms with Crippen molar-refractivity contribution in [2.24, 2.45) is 0 Å². The molecule has 8 heteroatoms.